The lowest BCUT2D eigenvalue weighted by Gasteiger charge is -2.15. The maximum atomic E-state index is 13.7. The van der Waals surface area contributed by atoms with Crippen LogP contribution in [0.3, 0.4) is 0 Å². The molecular formula is C12H13F3N4. The van der Waals surface area contributed by atoms with Crippen LogP contribution in [0.1, 0.15) is 24.2 Å². The van der Waals surface area contributed by atoms with E-state index in [-0.39, 0.29) is 5.56 Å². The van der Waals surface area contributed by atoms with E-state index in [9.17, 15) is 13.2 Å². The van der Waals surface area contributed by atoms with Gasteiger partial charge in [-0.1, -0.05) is 6.07 Å². The molecule has 1 aromatic carbocycles. The monoisotopic (exact) mass is 270 g/mol. The number of hydrogen-bond donors (Lipinski definition) is 2. The van der Waals surface area contributed by atoms with Gasteiger partial charge in [0.1, 0.15) is 0 Å². The zero-order valence-corrected chi connectivity index (χ0v) is 10.2. The summed E-state index contributed by atoms with van der Waals surface area (Å²) < 4.78 is 41.6. The van der Waals surface area contributed by atoms with Gasteiger partial charge in [-0.3, -0.25) is 5.84 Å². The van der Waals surface area contributed by atoms with Gasteiger partial charge in [0.25, 0.3) is 0 Å². The Bertz CT molecular complexity index is 582. The van der Waals surface area contributed by atoms with Crippen molar-refractivity contribution in [3.8, 4) is 0 Å². The van der Waals surface area contributed by atoms with Crippen LogP contribution in [0.25, 0.3) is 0 Å². The Hall–Kier alpha value is -1.86. The Kier molecular flexibility index (Phi) is 3.87. The third-order valence-corrected chi connectivity index (χ3v) is 2.86. The van der Waals surface area contributed by atoms with Crippen molar-refractivity contribution >= 4 is 0 Å². The number of aryl methyl sites for hydroxylation is 1. The van der Waals surface area contributed by atoms with Gasteiger partial charge in [-0.25, -0.2) is 23.6 Å². The first kappa shape index (κ1) is 13.6. The molecule has 102 valence electrons. The van der Waals surface area contributed by atoms with Gasteiger partial charge in [0.2, 0.25) is 0 Å². The van der Waals surface area contributed by atoms with Crippen LogP contribution in [-0.2, 0) is 6.54 Å². The second kappa shape index (κ2) is 5.41. The van der Waals surface area contributed by atoms with Crippen LogP contribution in [-0.4, -0.2) is 9.55 Å². The summed E-state index contributed by atoms with van der Waals surface area (Å²) in [7, 11) is 0. The maximum Gasteiger partial charge on any atom is 0.194 e. The first-order valence-electron chi connectivity index (χ1n) is 5.69. The highest BCUT2D eigenvalue weighted by Gasteiger charge is 2.23. The zero-order valence-electron chi connectivity index (χ0n) is 10.2. The highest BCUT2D eigenvalue weighted by molar-refractivity contribution is 5.29. The summed E-state index contributed by atoms with van der Waals surface area (Å²) in [5.41, 5.74) is 2.69. The van der Waals surface area contributed by atoms with Gasteiger partial charge >= 0.3 is 0 Å². The number of nitrogens with two attached hydrogens (primary N) is 1. The molecule has 0 amide bonds. The Labute approximate surface area is 108 Å². The molecule has 4 nitrogen and oxygen atoms in total. The number of imidazole rings is 1. The standard InChI is InChI=1S/C12H13F3N4/c1-2-19-5-9(17-6-19)12(18-16)7-3-4-8(13)11(15)10(7)14/h3-6,12,18H,2,16H2,1H3. The van der Waals surface area contributed by atoms with Gasteiger partial charge in [-0.2, -0.15) is 0 Å². The van der Waals surface area contributed by atoms with Gasteiger partial charge < -0.3 is 4.57 Å². The van der Waals surface area contributed by atoms with Gasteiger partial charge in [0, 0.05) is 18.3 Å². The van der Waals surface area contributed by atoms with Crippen LogP contribution >= 0.6 is 0 Å². The molecule has 0 fully saturated rings. The quantitative estimate of drug-likeness (QED) is 0.506. The van der Waals surface area contributed by atoms with E-state index in [0.29, 0.717) is 12.2 Å². The topological polar surface area (TPSA) is 55.9 Å². The van der Waals surface area contributed by atoms with Crippen molar-refractivity contribution in [1.29, 1.82) is 0 Å². The second-order valence-electron chi connectivity index (χ2n) is 3.99. The fourth-order valence-corrected chi connectivity index (χ4v) is 1.80. The van der Waals surface area contributed by atoms with E-state index in [1.165, 1.54) is 0 Å². The summed E-state index contributed by atoms with van der Waals surface area (Å²) >= 11 is 0. The molecule has 1 atom stereocenters. The molecule has 3 N–H and O–H groups in total. The Morgan fingerprint density at radius 3 is 2.63 bits per heavy atom. The van der Waals surface area contributed by atoms with Crippen molar-refractivity contribution in [2.45, 2.75) is 19.5 Å². The lowest BCUT2D eigenvalue weighted by molar-refractivity contribution is 0.432. The Balaban J connectivity index is 2.45. The predicted molar refractivity (Wildman–Crippen MR) is 63.4 cm³/mol. The maximum absolute atomic E-state index is 13.7. The molecular weight excluding hydrogens is 257 g/mol. The third-order valence-electron chi connectivity index (χ3n) is 2.86. The molecule has 7 heteroatoms. The molecule has 0 aliphatic heterocycles. The Morgan fingerprint density at radius 2 is 2.05 bits per heavy atom. The molecule has 2 rings (SSSR count). The molecule has 0 saturated heterocycles. The molecule has 2 aromatic rings. The van der Waals surface area contributed by atoms with Gasteiger partial charge in [0.15, 0.2) is 17.5 Å². The molecule has 1 heterocycles. The average molecular weight is 270 g/mol. The summed E-state index contributed by atoms with van der Waals surface area (Å²) in [6.07, 6.45) is 3.21. The largest absolute Gasteiger partial charge is 0.337 e. The van der Waals surface area contributed by atoms with Crippen LogP contribution < -0.4 is 11.3 Å². The van der Waals surface area contributed by atoms with Crippen molar-refractivity contribution in [2.75, 3.05) is 0 Å². The van der Waals surface area contributed by atoms with Crippen molar-refractivity contribution in [3.63, 3.8) is 0 Å². The first-order chi connectivity index (χ1) is 9.08. The van der Waals surface area contributed by atoms with Gasteiger partial charge in [-0.05, 0) is 13.0 Å². The van der Waals surface area contributed by atoms with E-state index in [0.717, 1.165) is 12.1 Å². The summed E-state index contributed by atoms with van der Waals surface area (Å²) in [5, 5.41) is 0. The van der Waals surface area contributed by atoms with E-state index in [4.69, 9.17) is 5.84 Å². The molecule has 1 aromatic heterocycles. The number of hydrogen-bond acceptors (Lipinski definition) is 3. The molecule has 0 spiro atoms. The SMILES string of the molecule is CCn1cnc(C(NN)c2ccc(F)c(F)c2F)c1. The van der Waals surface area contributed by atoms with E-state index >= 15 is 0 Å². The Morgan fingerprint density at radius 1 is 1.32 bits per heavy atom. The smallest absolute Gasteiger partial charge is 0.194 e. The average Bonchev–Trinajstić information content (AvgIpc) is 2.88. The highest BCUT2D eigenvalue weighted by Crippen LogP contribution is 2.25. The first-order valence-corrected chi connectivity index (χ1v) is 5.69. The normalized spacial score (nSPS) is 12.7. The van der Waals surface area contributed by atoms with E-state index in [1.54, 1.807) is 17.1 Å². The second-order valence-corrected chi connectivity index (χ2v) is 3.99. The highest BCUT2D eigenvalue weighted by atomic mass is 19.2. The van der Waals surface area contributed by atoms with Crippen molar-refractivity contribution in [3.05, 3.63) is 53.4 Å². The van der Waals surface area contributed by atoms with Gasteiger partial charge in [-0.15, -0.1) is 0 Å². The molecule has 0 aliphatic rings. The molecule has 0 aliphatic carbocycles. The zero-order chi connectivity index (χ0) is 14.0. The summed E-state index contributed by atoms with van der Waals surface area (Å²) in [6.45, 7) is 2.60. The number of rotatable bonds is 4. The summed E-state index contributed by atoms with van der Waals surface area (Å²) in [6, 6.07) is 1.15. The van der Waals surface area contributed by atoms with Crippen molar-refractivity contribution < 1.29 is 13.2 Å². The van der Waals surface area contributed by atoms with E-state index in [1.807, 2.05) is 6.92 Å². The summed E-state index contributed by atoms with van der Waals surface area (Å²) in [4.78, 5) is 4.07. The summed E-state index contributed by atoms with van der Waals surface area (Å²) in [5.74, 6) is 1.33. The number of aromatic nitrogens is 2. The fourth-order valence-electron chi connectivity index (χ4n) is 1.80. The van der Waals surface area contributed by atoms with Gasteiger partial charge in [0.05, 0.1) is 18.1 Å². The number of halogens is 3. The number of nitrogens with zero attached hydrogens (tertiary/aromatic N) is 2. The predicted octanol–water partition coefficient (Wildman–Crippen LogP) is 1.87. The van der Waals surface area contributed by atoms with Crippen LogP contribution in [0.15, 0.2) is 24.7 Å². The van der Waals surface area contributed by atoms with Crippen LogP contribution in [0, 0.1) is 17.5 Å². The van der Waals surface area contributed by atoms with E-state index < -0.39 is 23.5 Å². The number of nitrogens with one attached hydrogen (secondary N) is 1. The van der Waals surface area contributed by atoms with Crippen LogP contribution in [0.5, 0.6) is 0 Å². The molecule has 1 unspecified atom stereocenters. The minimum Gasteiger partial charge on any atom is -0.337 e. The van der Waals surface area contributed by atoms with E-state index in [2.05, 4.69) is 10.4 Å². The lowest BCUT2D eigenvalue weighted by atomic mass is 10.0. The number of hydrazine groups is 1. The third kappa shape index (κ3) is 2.47. The molecule has 0 saturated carbocycles. The molecule has 0 radical (unpaired) electrons. The minimum absolute atomic E-state index is 0.0947. The van der Waals surface area contributed by atoms with Crippen molar-refractivity contribution in [2.24, 2.45) is 5.84 Å². The van der Waals surface area contributed by atoms with Crippen LogP contribution in [0.2, 0.25) is 0 Å². The fraction of sp³-hybridized carbons (Fsp3) is 0.250. The lowest BCUT2D eigenvalue weighted by Crippen LogP contribution is -2.30. The molecule has 19 heavy (non-hydrogen) atoms. The van der Waals surface area contributed by atoms with Crippen LogP contribution in [0.4, 0.5) is 13.2 Å². The molecule has 0 bridgehead atoms. The van der Waals surface area contributed by atoms with Crippen molar-refractivity contribution in [1.82, 2.24) is 15.0 Å². The minimum atomic E-state index is -1.52. The number of benzene rings is 1.